The fourth-order valence-corrected chi connectivity index (χ4v) is 4.74. The number of ether oxygens (including phenoxy) is 1. The number of nitrogens with one attached hydrogen (secondary N) is 1. The Morgan fingerprint density at radius 3 is 2.71 bits per heavy atom. The lowest BCUT2D eigenvalue weighted by atomic mass is 9.85. The Morgan fingerprint density at radius 2 is 2.00 bits per heavy atom. The van der Waals surface area contributed by atoms with Gasteiger partial charge in [0.05, 0.1) is 6.61 Å². The van der Waals surface area contributed by atoms with E-state index in [2.05, 4.69) is 4.72 Å². The highest BCUT2D eigenvalue weighted by molar-refractivity contribution is 7.90. The van der Waals surface area contributed by atoms with Gasteiger partial charge in [-0.3, -0.25) is 4.79 Å². The van der Waals surface area contributed by atoms with Gasteiger partial charge in [-0.15, -0.1) is 0 Å². The van der Waals surface area contributed by atoms with E-state index in [0.717, 1.165) is 17.6 Å². The maximum Gasteiger partial charge on any atom is 0.267 e. The molecular formula is C17H20ClNO4S. The van der Waals surface area contributed by atoms with Gasteiger partial charge >= 0.3 is 0 Å². The minimum atomic E-state index is -4.01. The predicted molar refractivity (Wildman–Crippen MR) is 91.7 cm³/mol. The Kier molecular flexibility index (Phi) is 4.62. The van der Waals surface area contributed by atoms with E-state index in [-0.39, 0.29) is 10.8 Å². The molecule has 24 heavy (non-hydrogen) atoms. The lowest BCUT2D eigenvalue weighted by molar-refractivity contribution is -0.123. The van der Waals surface area contributed by atoms with Gasteiger partial charge in [-0.25, -0.2) is 13.1 Å². The van der Waals surface area contributed by atoms with E-state index in [1.807, 2.05) is 13.8 Å². The quantitative estimate of drug-likeness (QED) is 0.830. The number of halogens is 1. The fraction of sp³-hybridized carbons (Fsp3) is 0.471. The summed E-state index contributed by atoms with van der Waals surface area (Å²) in [7, 11) is -4.01. The summed E-state index contributed by atoms with van der Waals surface area (Å²) in [5.74, 6) is -0.486. The SMILES string of the molecule is CC1=C(C)CC(C(=O)NS(=O)(=O)c2cc(Cl)cc3c2OCC3)CC1. The van der Waals surface area contributed by atoms with Crippen molar-refractivity contribution in [3.05, 3.63) is 33.9 Å². The summed E-state index contributed by atoms with van der Waals surface area (Å²) in [5.41, 5.74) is 3.19. The summed E-state index contributed by atoms with van der Waals surface area (Å²) in [6.45, 7) is 4.45. The molecule has 1 heterocycles. The topological polar surface area (TPSA) is 72.5 Å². The van der Waals surface area contributed by atoms with Gasteiger partial charge in [0.2, 0.25) is 5.91 Å². The molecule has 1 aromatic carbocycles. The molecule has 0 radical (unpaired) electrons. The van der Waals surface area contributed by atoms with Gasteiger partial charge in [0.25, 0.3) is 10.0 Å². The minimum absolute atomic E-state index is 0.0601. The van der Waals surface area contributed by atoms with Gasteiger partial charge in [-0.05, 0) is 45.2 Å². The third kappa shape index (κ3) is 3.30. The zero-order chi connectivity index (χ0) is 17.5. The van der Waals surface area contributed by atoms with Gasteiger partial charge in [0.15, 0.2) is 0 Å². The molecule has 0 bridgehead atoms. The average Bonchev–Trinajstić information content (AvgIpc) is 2.96. The second-order valence-electron chi connectivity index (χ2n) is 6.46. The standard InChI is InChI=1S/C17H20ClNO4S/c1-10-3-4-13(7-11(10)2)17(20)19-24(21,22)15-9-14(18)8-12-5-6-23-16(12)15/h8-9,13H,3-7H2,1-2H3,(H,19,20). The number of amides is 1. The molecule has 7 heteroatoms. The number of carbonyl (C=O) groups is 1. The Morgan fingerprint density at radius 1 is 1.25 bits per heavy atom. The first-order chi connectivity index (χ1) is 11.3. The van der Waals surface area contributed by atoms with Crippen LogP contribution < -0.4 is 9.46 Å². The zero-order valence-corrected chi connectivity index (χ0v) is 15.3. The minimum Gasteiger partial charge on any atom is -0.492 e. The molecule has 1 aliphatic carbocycles. The van der Waals surface area contributed by atoms with Crippen LogP contribution >= 0.6 is 11.6 Å². The van der Waals surface area contributed by atoms with E-state index in [1.165, 1.54) is 11.6 Å². The van der Waals surface area contributed by atoms with Crippen LogP contribution in [0.15, 0.2) is 28.2 Å². The van der Waals surface area contributed by atoms with E-state index >= 15 is 0 Å². The highest BCUT2D eigenvalue weighted by Crippen LogP contribution is 2.36. The van der Waals surface area contributed by atoms with E-state index < -0.39 is 15.9 Å². The van der Waals surface area contributed by atoms with Crippen LogP contribution in [0.25, 0.3) is 0 Å². The van der Waals surface area contributed by atoms with Crippen molar-refractivity contribution in [1.29, 1.82) is 0 Å². The maximum atomic E-state index is 12.7. The molecule has 0 aromatic heterocycles. The summed E-state index contributed by atoms with van der Waals surface area (Å²) in [5, 5.41) is 0.319. The van der Waals surface area contributed by atoms with Crippen LogP contribution in [0, 0.1) is 5.92 Å². The normalized spacial score (nSPS) is 20.5. The van der Waals surface area contributed by atoms with Crippen LogP contribution in [0.1, 0.15) is 38.7 Å². The molecule has 0 saturated heterocycles. The van der Waals surface area contributed by atoms with Gasteiger partial charge in [-0.1, -0.05) is 22.7 Å². The third-order valence-electron chi connectivity index (χ3n) is 4.76. The predicted octanol–water partition coefficient (Wildman–Crippen LogP) is 3.22. The lowest BCUT2D eigenvalue weighted by Gasteiger charge is -2.23. The average molecular weight is 370 g/mol. The van der Waals surface area contributed by atoms with Crippen molar-refractivity contribution >= 4 is 27.5 Å². The monoisotopic (exact) mass is 369 g/mol. The van der Waals surface area contributed by atoms with E-state index in [9.17, 15) is 13.2 Å². The Balaban J connectivity index is 1.84. The third-order valence-corrected chi connectivity index (χ3v) is 6.33. The summed E-state index contributed by atoms with van der Waals surface area (Å²) in [6.07, 6.45) is 2.68. The molecular weight excluding hydrogens is 350 g/mol. The van der Waals surface area contributed by atoms with Gasteiger partial charge in [0, 0.05) is 22.9 Å². The van der Waals surface area contributed by atoms with Crippen LogP contribution in [0.2, 0.25) is 5.02 Å². The molecule has 5 nitrogen and oxygen atoms in total. The first kappa shape index (κ1) is 17.3. The van der Waals surface area contributed by atoms with Crippen LogP contribution in [-0.2, 0) is 21.2 Å². The molecule has 0 spiro atoms. The fourth-order valence-electron chi connectivity index (χ4n) is 3.18. The molecule has 1 aliphatic heterocycles. The van der Waals surface area contributed by atoms with Crippen LogP contribution in [-0.4, -0.2) is 20.9 Å². The van der Waals surface area contributed by atoms with Crippen molar-refractivity contribution in [3.63, 3.8) is 0 Å². The summed E-state index contributed by atoms with van der Waals surface area (Å²) in [6, 6.07) is 3.03. The van der Waals surface area contributed by atoms with Crippen LogP contribution in [0.3, 0.4) is 0 Å². The molecule has 1 atom stereocenters. The van der Waals surface area contributed by atoms with E-state index in [4.69, 9.17) is 16.3 Å². The highest BCUT2D eigenvalue weighted by Gasteiger charge is 2.31. The van der Waals surface area contributed by atoms with Gasteiger partial charge in [0.1, 0.15) is 10.6 Å². The number of benzene rings is 1. The van der Waals surface area contributed by atoms with Crippen LogP contribution in [0.5, 0.6) is 5.75 Å². The molecule has 1 aromatic rings. The van der Waals surface area contributed by atoms with Crippen molar-refractivity contribution in [3.8, 4) is 5.75 Å². The molecule has 130 valence electrons. The zero-order valence-electron chi connectivity index (χ0n) is 13.7. The number of sulfonamides is 1. The second kappa shape index (κ2) is 6.41. The largest absolute Gasteiger partial charge is 0.492 e. The lowest BCUT2D eigenvalue weighted by Crippen LogP contribution is -2.36. The molecule has 0 fully saturated rings. The smallest absolute Gasteiger partial charge is 0.267 e. The summed E-state index contributed by atoms with van der Waals surface area (Å²) < 4.78 is 33.0. The molecule has 2 aliphatic rings. The van der Waals surface area contributed by atoms with Crippen molar-refractivity contribution in [2.24, 2.45) is 5.92 Å². The van der Waals surface area contributed by atoms with Crippen LogP contribution in [0.4, 0.5) is 0 Å². The van der Waals surface area contributed by atoms with Crippen molar-refractivity contribution in [2.45, 2.75) is 44.4 Å². The summed E-state index contributed by atoms with van der Waals surface area (Å²) in [4.78, 5) is 12.4. The molecule has 1 amide bonds. The van der Waals surface area contributed by atoms with E-state index in [0.29, 0.717) is 36.6 Å². The molecule has 3 rings (SSSR count). The number of hydrogen-bond donors (Lipinski definition) is 1. The number of fused-ring (bicyclic) bond motifs is 1. The van der Waals surface area contributed by atoms with E-state index in [1.54, 1.807) is 6.07 Å². The Hall–Kier alpha value is -1.53. The highest BCUT2D eigenvalue weighted by atomic mass is 35.5. The Bertz CT molecular complexity index is 829. The number of rotatable bonds is 3. The molecule has 1 N–H and O–H groups in total. The van der Waals surface area contributed by atoms with Crippen molar-refractivity contribution in [2.75, 3.05) is 6.61 Å². The van der Waals surface area contributed by atoms with Crippen molar-refractivity contribution in [1.82, 2.24) is 4.72 Å². The summed E-state index contributed by atoms with van der Waals surface area (Å²) >= 11 is 6.02. The first-order valence-electron chi connectivity index (χ1n) is 7.95. The second-order valence-corrected chi connectivity index (χ2v) is 8.55. The van der Waals surface area contributed by atoms with Gasteiger partial charge in [-0.2, -0.15) is 0 Å². The van der Waals surface area contributed by atoms with Crippen molar-refractivity contribution < 1.29 is 17.9 Å². The first-order valence-corrected chi connectivity index (χ1v) is 9.81. The molecule has 1 unspecified atom stereocenters. The number of allylic oxidation sites excluding steroid dienone is 2. The maximum absolute atomic E-state index is 12.7. The number of carbonyl (C=O) groups excluding carboxylic acids is 1. The molecule has 0 saturated carbocycles. The van der Waals surface area contributed by atoms with Gasteiger partial charge < -0.3 is 4.74 Å². The Labute approximate surface area is 147 Å². The number of hydrogen-bond acceptors (Lipinski definition) is 4.